The van der Waals surface area contributed by atoms with E-state index in [-0.39, 0.29) is 24.6 Å². The number of benzene rings is 3. The molecule has 0 aromatic heterocycles. The number of carbonyl (C=O) groups is 3. The van der Waals surface area contributed by atoms with E-state index in [0.717, 1.165) is 22.3 Å². The summed E-state index contributed by atoms with van der Waals surface area (Å²) in [7, 11) is 0. The molecule has 1 unspecified atom stereocenters. The summed E-state index contributed by atoms with van der Waals surface area (Å²) in [5.74, 6) is -1.79. The van der Waals surface area contributed by atoms with Crippen molar-refractivity contribution >= 4 is 23.7 Å². The second-order valence-corrected chi connectivity index (χ2v) is 8.32. The maximum absolute atomic E-state index is 12.9. The Hall–Kier alpha value is -4.17. The fraction of sp³-hybridized carbons (Fsp3) is 0.192. The van der Waals surface area contributed by atoms with Crippen LogP contribution in [0.3, 0.4) is 0 Å². The van der Waals surface area contributed by atoms with Crippen molar-refractivity contribution in [1.29, 1.82) is 0 Å². The van der Waals surface area contributed by atoms with Gasteiger partial charge in [-0.05, 0) is 40.5 Å². The highest BCUT2D eigenvalue weighted by atomic mass is 16.5. The Kier molecular flexibility index (Phi) is 5.51. The van der Waals surface area contributed by atoms with Crippen LogP contribution in [-0.2, 0) is 9.53 Å². The molecular weight excluding hydrogens is 436 g/mol. The molecule has 0 spiro atoms. The van der Waals surface area contributed by atoms with Crippen LogP contribution in [0.5, 0.6) is 0 Å². The zero-order valence-electron chi connectivity index (χ0n) is 18.0. The molecule has 8 heteroatoms. The number of nitrogens with zero attached hydrogens (tertiary/aromatic N) is 1. The number of carboxylic acid groups (broad SMARTS) is 1. The van der Waals surface area contributed by atoms with E-state index in [1.165, 1.54) is 23.1 Å². The van der Waals surface area contributed by atoms with E-state index in [1.807, 2.05) is 48.5 Å². The third-order valence-corrected chi connectivity index (χ3v) is 6.31. The minimum Gasteiger partial charge on any atom is -0.478 e. The average molecular weight is 458 g/mol. The van der Waals surface area contributed by atoms with Gasteiger partial charge in [0.05, 0.1) is 12.1 Å². The molecule has 3 aromatic carbocycles. The molecule has 3 N–H and O–H groups in total. The van der Waals surface area contributed by atoms with Crippen LogP contribution >= 0.6 is 0 Å². The lowest BCUT2D eigenvalue weighted by atomic mass is 9.98. The van der Waals surface area contributed by atoms with Crippen molar-refractivity contribution < 1.29 is 29.3 Å². The van der Waals surface area contributed by atoms with Crippen molar-refractivity contribution in [2.75, 3.05) is 18.1 Å². The number of fused-ring (bicyclic) bond motifs is 3. The first-order chi connectivity index (χ1) is 16.4. The number of carboxylic acids is 1. The lowest BCUT2D eigenvalue weighted by molar-refractivity contribution is -0.119. The Labute approximate surface area is 195 Å². The van der Waals surface area contributed by atoms with E-state index < -0.39 is 30.1 Å². The Morgan fingerprint density at radius 2 is 1.62 bits per heavy atom. The van der Waals surface area contributed by atoms with E-state index in [4.69, 9.17) is 4.74 Å². The van der Waals surface area contributed by atoms with Crippen molar-refractivity contribution in [3.8, 4) is 11.1 Å². The zero-order valence-corrected chi connectivity index (χ0v) is 18.0. The number of β-amino-alcohol motifs (C(OH)–C–C–N with tert-alkyl or cyclic N) is 1. The number of nitrogens with one attached hydrogen (secondary N) is 1. The highest BCUT2D eigenvalue weighted by molar-refractivity contribution is 6.02. The molecule has 2 amide bonds. The van der Waals surface area contributed by atoms with Crippen LogP contribution in [0.4, 0.5) is 10.5 Å². The second kappa shape index (κ2) is 8.64. The summed E-state index contributed by atoms with van der Waals surface area (Å²) >= 11 is 0. The van der Waals surface area contributed by atoms with E-state index in [2.05, 4.69) is 5.32 Å². The molecule has 8 nitrogen and oxygen atoms in total. The fourth-order valence-corrected chi connectivity index (χ4v) is 4.68. The van der Waals surface area contributed by atoms with Gasteiger partial charge in [0.1, 0.15) is 18.8 Å². The molecule has 1 aliphatic heterocycles. The Morgan fingerprint density at radius 3 is 2.26 bits per heavy atom. The number of amides is 2. The number of anilines is 1. The van der Waals surface area contributed by atoms with Crippen LogP contribution in [0, 0.1) is 0 Å². The van der Waals surface area contributed by atoms with Crippen molar-refractivity contribution in [2.24, 2.45) is 0 Å². The lowest BCUT2D eigenvalue weighted by Crippen LogP contribution is -2.46. The SMILES string of the molecule is O=C(N[C@@H]1C(=O)N(c2cccc(C(=O)O)c2)CC1O)OCC1c2ccccc2-c2ccccc21. The number of aromatic carboxylic acids is 1. The molecule has 172 valence electrons. The molecular formula is C26H22N2O6. The maximum Gasteiger partial charge on any atom is 0.407 e. The third kappa shape index (κ3) is 3.78. The van der Waals surface area contributed by atoms with Gasteiger partial charge in [-0.1, -0.05) is 54.6 Å². The first kappa shape index (κ1) is 21.7. The Balaban J connectivity index is 1.26. The van der Waals surface area contributed by atoms with Gasteiger partial charge in [0.15, 0.2) is 0 Å². The maximum atomic E-state index is 12.9. The average Bonchev–Trinajstić information content (AvgIpc) is 3.32. The highest BCUT2D eigenvalue weighted by Gasteiger charge is 2.41. The van der Waals surface area contributed by atoms with Gasteiger partial charge in [-0.15, -0.1) is 0 Å². The number of rotatable bonds is 5. The zero-order chi connectivity index (χ0) is 23.8. The predicted molar refractivity (Wildman–Crippen MR) is 124 cm³/mol. The van der Waals surface area contributed by atoms with Gasteiger partial charge in [-0.3, -0.25) is 4.79 Å². The molecule has 1 saturated heterocycles. The summed E-state index contributed by atoms with van der Waals surface area (Å²) in [6.45, 7) is 0.0114. The minimum atomic E-state index is -1.19. The third-order valence-electron chi connectivity index (χ3n) is 6.31. The smallest absolute Gasteiger partial charge is 0.407 e. The lowest BCUT2D eigenvalue weighted by Gasteiger charge is -2.18. The van der Waals surface area contributed by atoms with E-state index in [9.17, 15) is 24.6 Å². The first-order valence-electron chi connectivity index (χ1n) is 10.9. The minimum absolute atomic E-state index is 0.0211. The normalized spacial score (nSPS) is 19.0. The highest BCUT2D eigenvalue weighted by Crippen LogP contribution is 2.44. The number of hydrogen-bond acceptors (Lipinski definition) is 5. The molecule has 2 atom stereocenters. The Morgan fingerprint density at radius 1 is 0.971 bits per heavy atom. The first-order valence-corrected chi connectivity index (χ1v) is 10.9. The van der Waals surface area contributed by atoms with Gasteiger partial charge >= 0.3 is 12.1 Å². The van der Waals surface area contributed by atoms with Crippen LogP contribution in [0.15, 0.2) is 72.8 Å². The largest absolute Gasteiger partial charge is 0.478 e. The monoisotopic (exact) mass is 458 g/mol. The van der Waals surface area contributed by atoms with E-state index in [1.54, 1.807) is 6.07 Å². The number of hydrogen-bond donors (Lipinski definition) is 3. The van der Waals surface area contributed by atoms with Gasteiger partial charge in [-0.25, -0.2) is 9.59 Å². The molecule has 2 aliphatic rings. The summed E-state index contributed by atoms with van der Waals surface area (Å²) < 4.78 is 5.48. The van der Waals surface area contributed by atoms with Gasteiger partial charge in [0.2, 0.25) is 0 Å². The van der Waals surface area contributed by atoms with E-state index >= 15 is 0 Å². The number of aliphatic hydroxyl groups is 1. The summed E-state index contributed by atoms with van der Waals surface area (Å²) in [6.07, 6.45) is -1.97. The molecule has 1 fully saturated rings. The van der Waals surface area contributed by atoms with Crippen LogP contribution in [-0.4, -0.2) is 53.5 Å². The van der Waals surface area contributed by atoms with Crippen LogP contribution in [0.25, 0.3) is 11.1 Å². The summed E-state index contributed by atoms with van der Waals surface area (Å²) in [6, 6.07) is 20.6. The van der Waals surface area contributed by atoms with Gasteiger partial charge in [-0.2, -0.15) is 0 Å². The van der Waals surface area contributed by atoms with Crippen molar-refractivity contribution in [2.45, 2.75) is 18.1 Å². The Bertz CT molecular complexity index is 1240. The molecule has 0 bridgehead atoms. The molecule has 1 aliphatic carbocycles. The molecule has 3 aromatic rings. The van der Waals surface area contributed by atoms with Gasteiger partial charge in [0, 0.05) is 11.6 Å². The van der Waals surface area contributed by atoms with Crippen LogP contribution < -0.4 is 10.2 Å². The topological polar surface area (TPSA) is 116 Å². The molecule has 0 saturated carbocycles. The molecule has 34 heavy (non-hydrogen) atoms. The predicted octanol–water partition coefficient (Wildman–Crippen LogP) is 3.00. The summed E-state index contributed by atoms with van der Waals surface area (Å²) in [4.78, 5) is 37.9. The molecule has 1 heterocycles. The van der Waals surface area contributed by atoms with Gasteiger partial charge < -0.3 is 25.2 Å². The fourth-order valence-electron chi connectivity index (χ4n) is 4.68. The molecule has 0 radical (unpaired) electrons. The summed E-state index contributed by atoms with van der Waals surface area (Å²) in [5, 5.41) is 22.1. The number of aliphatic hydroxyl groups excluding tert-OH is 1. The van der Waals surface area contributed by atoms with Crippen LogP contribution in [0.1, 0.15) is 27.4 Å². The summed E-state index contributed by atoms with van der Waals surface area (Å²) in [5.41, 5.74) is 4.70. The van der Waals surface area contributed by atoms with Crippen molar-refractivity contribution in [1.82, 2.24) is 5.32 Å². The van der Waals surface area contributed by atoms with Crippen LogP contribution in [0.2, 0.25) is 0 Å². The number of carbonyl (C=O) groups excluding carboxylic acids is 2. The van der Waals surface area contributed by atoms with Crippen molar-refractivity contribution in [3.63, 3.8) is 0 Å². The second-order valence-electron chi connectivity index (χ2n) is 8.32. The number of alkyl carbamates (subject to hydrolysis) is 1. The standard InChI is InChI=1S/C26H22N2O6/c29-22-13-28(16-7-5-6-15(12-16)25(31)32)24(30)23(22)27-26(33)34-14-21-19-10-3-1-8-17(19)18-9-2-4-11-20(18)21/h1-12,21-23,29H,13-14H2,(H,27,33)(H,31,32)/t22?,23-/m0/s1. The number of ether oxygens (including phenoxy) is 1. The quantitative estimate of drug-likeness (QED) is 0.541. The van der Waals surface area contributed by atoms with Gasteiger partial charge in [0.25, 0.3) is 5.91 Å². The van der Waals surface area contributed by atoms with E-state index in [0.29, 0.717) is 5.69 Å². The molecule has 5 rings (SSSR count). The van der Waals surface area contributed by atoms with Crippen molar-refractivity contribution in [3.05, 3.63) is 89.5 Å².